The number of para-hydroxylation sites is 1. The number of carbonyl (C=O) groups is 1. The average molecular weight is 384 g/mol. The van der Waals surface area contributed by atoms with Crippen molar-refractivity contribution in [2.45, 2.75) is 11.0 Å². The van der Waals surface area contributed by atoms with Crippen molar-refractivity contribution >= 4 is 45.0 Å². The van der Waals surface area contributed by atoms with Crippen LogP contribution in [0.5, 0.6) is 0 Å². The van der Waals surface area contributed by atoms with Crippen LogP contribution in [-0.4, -0.2) is 40.9 Å². The minimum Gasteiger partial charge on any atom is -0.462 e. The van der Waals surface area contributed by atoms with E-state index in [2.05, 4.69) is 50.6 Å². The summed E-state index contributed by atoms with van der Waals surface area (Å²) in [7, 11) is 0. The van der Waals surface area contributed by atoms with E-state index in [1.807, 2.05) is 6.07 Å². The molecule has 3 rings (SSSR count). The van der Waals surface area contributed by atoms with Gasteiger partial charge in [0.1, 0.15) is 5.78 Å². The summed E-state index contributed by atoms with van der Waals surface area (Å²) in [6.45, 7) is 4.94. The predicted molar refractivity (Wildman–Crippen MR) is 88.5 cm³/mol. The van der Waals surface area contributed by atoms with Gasteiger partial charge in [-0.1, -0.05) is 34.7 Å². The first-order valence-corrected chi connectivity index (χ1v) is 7.98. The van der Waals surface area contributed by atoms with Crippen molar-refractivity contribution in [1.29, 1.82) is 0 Å². The number of hydrogen-bond acceptors (Lipinski definition) is 4. The fraction of sp³-hybridized carbons (Fsp3) is 0.400. The Morgan fingerprint density at radius 3 is 3.00 bits per heavy atom. The van der Waals surface area contributed by atoms with Gasteiger partial charge in [0.15, 0.2) is 5.58 Å². The molecule has 2 heterocycles. The van der Waals surface area contributed by atoms with Crippen molar-refractivity contribution in [3.63, 3.8) is 0 Å². The summed E-state index contributed by atoms with van der Waals surface area (Å²) < 4.78 is 5.97. The lowest BCUT2D eigenvalue weighted by atomic mass is 10.2. The molecule has 0 N–H and O–H groups in total. The Labute approximate surface area is 131 Å². The first kappa shape index (κ1) is 13.9. The third-order valence-corrected chi connectivity index (χ3v) is 4.68. The van der Waals surface area contributed by atoms with Gasteiger partial charge in [-0.25, -0.2) is 0 Å². The number of Topliss-reactive ketones (excluding diaryl/α,β-unsaturated/α-hetero) is 1. The lowest BCUT2D eigenvalue weighted by Gasteiger charge is -2.39. The summed E-state index contributed by atoms with van der Waals surface area (Å²) in [5, 5.41) is 1.14. The standard InChI is InChI=1S/C15H17IN2O2/c1-11(19)9-17-6-7-18(14(16)10-17)13-4-2-3-12-5-8-20-15(12)13/h2-5,8,14H,6-7,9-10H2,1H3. The molecule has 106 valence electrons. The molecule has 1 aliphatic rings. The molecule has 4 nitrogen and oxygen atoms in total. The van der Waals surface area contributed by atoms with E-state index in [4.69, 9.17) is 4.42 Å². The number of fused-ring (bicyclic) bond motifs is 1. The number of carbonyl (C=O) groups excluding carboxylic acids is 1. The van der Waals surface area contributed by atoms with E-state index in [0.29, 0.717) is 10.6 Å². The van der Waals surface area contributed by atoms with Crippen LogP contribution in [0.4, 0.5) is 5.69 Å². The number of piperazine rings is 1. The number of hydrogen-bond donors (Lipinski definition) is 0. The van der Waals surface area contributed by atoms with Crippen LogP contribution in [0.15, 0.2) is 34.9 Å². The van der Waals surface area contributed by atoms with Crippen molar-refractivity contribution in [3.8, 4) is 0 Å². The Kier molecular flexibility index (Phi) is 3.98. The number of anilines is 1. The van der Waals surface area contributed by atoms with Gasteiger partial charge < -0.3 is 9.32 Å². The van der Waals surface area contributed by atoms with Crippen molar-refractivity contribution in [2.75, 3.05) is 31.1 Å². The molecule has 1 aromatic heterocycles. The molecular weight excluding hydrogens is 367 g/mol. The van der Waals surface area contributed by atoms with Gasteiger partial charge in [-0.05, 0) is 19.1 Å². The molecule has 1 aliphatic heterocycles. The first-order valence-electron chi connectivity index (χ1n) is 6.74. The van der Waals surface area contributed by atoms with Gasteiger partial charge in [0.2, 0.25) is 0 Å². The second-order valence-electron chi connectivity index (χ2n) is 5.18. The molecule has 0 saturated carbocycles. The largest absolute Gasteiger partial charge is 0.462 e. The Hall–Kier alpha value is -1.08. The zero-order chi connectivity index (χ0) is 14.1. The number of ketones is 1. The van der Waals surface area contributed by atoms with Crippen LogP contribution in [0.25, 0.3) is 11.0 Å². The first-order chi connectivity index (χ1) is 9.65. The van der Waals surface area contributed by atoms with Crippen LogP contribution < -0.4 is 4.90 Å². The summed E-state index contributed by atoms with van der Waals surface area (Å²) in [6, 6.07) is 8.24. The maximum Gasteiger partial charge on any atom is 0.157 e. The van der Waals surface area contributed by atoms with Gasteiger partial charge in [-0.2, -0.15) is 0 Å². The Morgan fingerprint density at radius 1 is 1.40 bits per heavy atom. The molecular formula is C15H17IN2O2. The summed E-state index contributed by atoms with van der Waals surface area (Å²) in [5.41, 5.74) is 2.10. The molecule has 20 heavy (non-hydrogen) atoms. The maximum absolute atomic E-state index is 11.2. The van der Waals surface area contributed by atoms with Gasteiger partial charge >= 0.3 is 0 Å². The van der Waals surface area contributed by atoms with Crippen LogP contribution >= 0.6 is 22.6 Å². The zero-order valence-electron chi connectivity index (χ0n) is 11.4. The number of benzene rings is 1. The molecule has 0 spiro atoms. The Morgan fingerprint density at radius 2 is 2.25 bits per heavy atom. The van der Waals surface area contributed by atoms with Gasteiger partial charge in [0.25, 0.3) is 0 Å². The molecule has 2 aromatic rings. The average Bonchev–Trinajstić information content (AvgIpc) is 2.86. The highest BCUT2D eigenvalue weighted by molar-refractivity contribution is 14.1. The third-order valence-electron chi connectivity index (χ3n) is 3.62. The second kappa shape index (κ2) is 5.73. The predicted octanol–water partition coefficient (Wildman–Crippen LogP) is 2.90. The quantitative estimate of drug-likeness (QED) is 0.463. The van der Waals surface area contributed by atoms with E-state index in [1.165, 1.54) is 0 Å². The Balaban J connectivity index is 1.82. The summed E-state index contributed by atoms with van der Waals surface area (Å²) in [4.78, 5) is 15.8. The van der Waals surface area contributed by atoms with Crippen molar-refractivity contribution in [3.05, 3.63) is 30.5 Å². The highest BCUT2D eigenvalue weighted by Crippen LogP contribution is 2.31. The third kappa shape index (κ3) is 2.69. The van der Waals surface area contributed by atoms with Crippen molar-refractivity contribution in [1.82, 2.24) is 4.90 Å². The smallest absolute Gasteiger partial charge is 0.157 e. The number of furan rings is 1. The number of halogens is 1. The fourth-order valence-electron chi connectivity index (χ4n) is 2.73. The SMILES string of the molecule is CC(=O)CN1CCN(c2cccc3ccoc23)C(I)C1. The van der Waals surface area contributed by atoms with Crippen LogP contribution in [-0.2, 0) is 4.79 Å². The van der Waals surface area contributed by atoms with Crippen LogP contribution in [0.3, 0.4) is 0 Å². The summed E-state index contributed by atoms with van der Waals surface area (Å²) in [5.74, 6) is 0.232. The number of alkyl halides is 1. The molecule has 1 saturated heterocycles. The van der Waals surface area contributed by atoms with Gasteiger partial charge in [-0.3, -0.25) is 9.69 Å². The lowest BCUT2D eigenvalue weighted by Crippen LogP contribution is -2.51. The molecule has 1 fully saturated rings. The number of rotatable bonds is 3. The molecule has 1 atom stereocenters. The summed E-state index contributed by atoms with van der Waals surface area (Å²) in [6.07, 6.45) is 1.74. The van der Waals surface area contributed by atoms with Crippen molar-refractivity contribution in [2.24, 2.45) is 0 Å². The monoisotopic (exact) mass is 384 g/mol. The van der Waals surface area contributed by atoms with E-state index in [1.54, 1.807) is 13.2 Å². The highest BCUT2D eigenvalue weighted by atomic mass is 127. The normalized spacial score (nSPS) is 20.5. The number of nitrogens with zero attached hydrogens (tertiary/aromatic N) is 2. The minimum absolute atomic E-state index is 0.232. The summed E-state index contributed by atoms with van der Waals surface area (Å²) >= 11 is 2.45. The second-order valence-corrected chi connectivity index (χ2v) is 6.62. The fourth-order valence-corrected chi connectivity index (χ4v) is 3.86. The van der Waals surface area contributed by atoms with Crippen LogP contribution in [0.2, 0.25) is 0 Å². The van der Waals surface area contributed by atoms with Crippen LogP contribution in [0.1, 0.15) is 6.92 Å². The molecule has 0 bridgehead atoms. The maximum atomic E-state index is 11.2. The molecule has 5 heteroatoms. The van der Waals surface area contributed by atoms with Gasteiger partial charge in [0.05, 0.1) is 22.5 Å². The van der Waals surface area contributed by atoms with E-state index in [0.717, 1.165) is 36.3 Å². The molecule has 1 aromatic carbocycles. The van der Waals surface area contributed by atoms with E-state index in [-0.39, 0.29) is 5.78 Å². The van der Waals surface area contributed by atoms with Crippen LogP contribution in [0, 0.1) is 0 Å². The van der Waals surface area contributed by atoms with E-state index >= 15 is 0 Å². The van der Waals surface area contributed by atoms with Crippen molar-refractivity contribution < 1.29 is 9.21 Å². The topological polar surface area (TPSA) is 36.7 Å². The van der Waals surface area contributed by atoms with E-state index in [9.17, 15) is 4.79 Å². The van der Waals surface area contributed by atoms with Gasteiger partial charge in [-0.15, -0.1) is 0 Å². The highest BCUT2D eigenvalue weighted by Gasteiger charge is 2.27. The lowest BCUT2D eigenvalue weighted by molar-refractivity contribution is -0.118. The van der Waals surface area contributed by atoms with E-state index < -0.39 is 0 Å². The minimum atomic E-state index is 0.232. The molecule has 0 aliphatic carbocycles. The Bertz CT molecular complexity index is 625. The molecule has 0 radical (unpaired) electrons. The molecule has 0 amide bonds. The van der Waals surface area contributed by atoms with Gasteiger partial charge in [0, 0.05) is 25.0 Å². The zero-order valence-corrected chi connectivity index (χ0v) is 13.5. The molecule has 1 unspecified atom stereocenters.